The number of hydrogen-bond donors (Lipinski definition) is 2. The van der Waals surface area contributed by atoms with Crippen molar-refractivity contribution in [2.45, 2.75) is 13.0 Å². The molecule has 72 valence electrons. The van der Waals surface area contributed by atoms with Gasteiger partial charge in [-0.15, -0.1) is 0 Å². The van der Waals surface area contributed by atoms with Crippen LogP contribution in [-0.2, 0) is 0 Å². The number of phenolic OH excluding ortho intramolecular Hbond substituents is 1. The van der Waals surface area contributed by atoms with Crippen LogP contribution in [0.3, 0.4) is 0 Å². The largest absolute Gasteiger partial charge is 0.506 e. The summed E-state index contributed by atoms with van der Waals surface area (Å²) in [6, 6.07) is 1.13. The van der Waals surface area contributed by atoms with E-state index >= 15 is 0 Å². The Morgan fingerprint density at radius 2 is 2.08 bits per heavy atom. The number of phenols is 1. The van der Waals surface area contributed by atoms with Gasteiger partial charge in [0.1, 0.15) is 5.75 Å². The first-order valence-electron chi connectivity index (χ1n) is 3.57. The highest BCUT2D eigenvalue weighted by Crippen LogP contribution is 2.37. The molecule has 0 aliphatic heterocycles. The minimum atomic E-state index is -0.526. The third-order valence-corrected chi connectivity index (χ3v) is 2.96. The molecule has 3 N–H and O–H groups in total. The van der Waals surface area contributed by atoms with Gasteiger partial charge in [0, 0.05) is 11.6 Å². The molecule has 0 fully saturated rings. The molecule has 1 aromatic carbocycles. The van der Waals surface area contributed by atoms with Crippen molar-refractivity contribution in [3.05, 3.63) is 26.4 Å². The van der Waals surface area contributed by atoms with E-state index in [1.165, 1.54) is 6.07 Å². The molecule has 0 unspecified atom stereocenters. The number of hydrogen-bond acceptors (Lipinski definition) is 2. The van der Waals surface area contributed by atoms with E-state index < -0.39 is 5.82 Å². The highest BCUT2D eigenvalue weighted by atomic mass is 79.9. The minimum absolute atomic E-state index is 0.0363. The van der Waals surface area contributed by atoms with E-state index in [9.17, 15) is 9.50 Å². The summed E-state index contributed by atoms with van der Waals surface area (Å²) in [6.45, 7) is 1.71. The standard InChI is InChI=1S/C8H8Br2FNO/c1-3(12)4-2-5(9)7(11)6(10)8(4)13/h2-3,13H,12H2,1H3/t3-/m0/s1. The van der Waals surface area contributed by atoms with Gasteiger partial charge >= 0.3 is 0 Å². The molecule has 0 amide bonds. The van der Waals surface area contributed by atoms with Crippen molar-refractivity contribution in [3.63, 3.8) is 0 Å². The van der Waals surface area contributed by atoms with E-state index in [4.69, 9.17) is 5.73 Å². The van der Waals surface area contributed by atoms with Crippen LogP contribution in [0.4, 0.5) is 4.39 Å². The summed E-state index contributed by atoms with van der Waals surface area (Å²) in [4.78, 5) is 0. The van der Waals surface area contributed by atoms with Gasteiger partial charge in [-0.3, -0.25) is 0 Å². The Bertz CT molecular complexity index is 341. The molecule has 1 atom stereocenters. The van der Waals surface area contributed by atoms with Crippen molar-refractivity contribution < 1.29 is 9.50 Å². The third-order valence-electron chi connectivity index (χ3n) is 1.66. The summed E-state index contributed by atoms with van der Waals surface area (Å²) in [5.41, 5.74) is 6.08. The molecular weight excluding hydrogens is 305 g/mol. The maximum Gasteiger partial charge on any atom is 0.155 e. The number of benzene rings is 1. The van der Waals surface area contributed by atoms with Crippen molar-refractivity contribution in [1.29, 1.82) is 0 Å². The Labute approximate surface area is 92.2 Å². The van der Waals surface area contributed by atoms with Crippen LogP contribution in [0.15, 0.2) is 15.0 Å². The average molecular weight is 313 g/mol. The zero-order valence-corrected chi connectivity index (χ0v) is 9.99. The van der Waals surface area contributed by atoms with Gasteiger partial charge in [-0.1, -0.05) is 0 Å². The lowest BCUT2D eigenvalue weighted by Gasteiger charge is -2.11. The fraction of sp³-hybridized carbons (Fsp3) is 0.250. The summed E-state index contributed by atoms with van der Waals surface area (Å²) in [7, 11) is 0. The van der Waals surface area contributed by atoms with Crippen LogP contribution < -0.4 is 5.73 Å². The van der Waals surface area contributed by atoms with Crippen LogP contribution in [0.2, 0.25) is 0 Å². The molecule has 0 spiro atoms. The predicted molar refractivity (Wildman–Crippen MR) is 56.1 cm³/mol. The Morgan fingerprint density at radius 3 is 2.54 bits per heavy atom. The number of halogens is 3. The Hall–Kier alpha value is -0.130. The van der Waals surface area contributed by atoms with Gasteiger partial charge < -0.3 is 10.8 Å². The zero-order chi connectivity index (χ0) is 10.2. The average Bonchev–Trinajstić information content (AvgIpc) is 2.07. The lowest BCUT2D eigenvalue weighted by Crippen LogP contribution is -2.06. The van der Waals surface area contributed by atoms with E-state index in [2.05, 4.69) is 31.9 Å². The van der Waals surface area contributed by atoms with Crippen LogP contribution in [-0.4, -0.2) is 5.11 Å². The number of rotatable bonds is 1. The molecule has 2 nitrogen and oxygen atoms in total. The van der Waals surface area contributed by atoms with E-state index in [1.54, 1.807) is 6.92 Å². The molecule has 0 saturated heterocycles. The smallest absolute Gasteiger partial charge is 0.155 e. The molecule has 0 saturated carbocycles. The van der Waals surface area contributed by atoms with Crippen LogP contribution >= 0.6 is 31.9 Å². The monoisotopic (exact) mass is 311 g/mol. The van der Waals surface area contributed by atoms with E-state index in [0.717, 1.165) is 0 Å². The lowest BCUT2D eigenvalue weighted by molar-refractivity contribution is 0.452. The fourth-order valence-electron chi connectivity index (χ4n) is 0.951. The summed E-state index contributed by atoms with van der Waals surface area (Å²) >= 11 is 5.97. The second kappa shape index (κ2) is 3.94. The molecule has 0 heterocycles. The van der Waals surface area contributed by atoms with E-state index in [-0.39, 0.29) is 20.7 Å². The lowest BCUT2D eigenvalue weighted by atomic mass is 10.1. The molecule has 1 rings (SSSR count). The summed E-state index contributed by atoms with van der Waals surface area (Å²) < 4.78 is 13.5. The Balaban J connectivity index is 3.41. The van der Waals surface area contributed by atoms with Crippen LogP contribution in [0.1, 0.15) is 18.5 Å². The van der Waals surface area contributed by atoms with Gasteiger partial charge in [0.25, 0.3) is 0 Å². The van der Waals surface area contributed by atoms with Crippen LogP contribution in [0.5, 0.6) is 5.75 Å². The normalized spacial score (nSPS) is 13.0. The first-order chi connectivity index (χ1) is 5.95. The Morgan fingerprint density at radius 1 is 1.54 bits per heavy atom. The SMILES string of the molecule is C[C@H](N)c1cc(Br)c(F)c(Br)c1O. The zero-order valence-electron chi connectivity index (χ0n) is 6.81. The molecule has 0 radical (unpaired) electrons. The van der Waals surface area contributed by atoms with Crippen LogP contribution in [0, 0.1) is 5.82 Å². The number of nitrogens with two attached hydrogens (primary N) is 1. The molecule has 5 heteroatoms. The van der Waals surface area contributed by atoms with E-state index in [1.807, 2.05) is 0 Å². The predicted octanol–water partition coefficient (Wildman–Crippen LogP) is 3.08. The highest BCUT2D eigenvalue weighted by Gasteiger charge is 2.16. The Kier molecular flexibility index (Phi) is 3.32. The maximum absolute atomic E-state index is 13.1. The van der Waals surface area contributed by atoms with Crippen molar-refractivity contribution in [3.8, 4) is 5.75 Å². The first kappa shape index (κ1) is 10.9. The van der Waals surface area contributed by atoms with Gasteiger partial charge in [-0.25, -0.2) is 4.39 Å². The molecule has 0 aliphatic carbocycles. The summed E-state index contributed by atoms with van der Waals surface area (Å²) in [5.74, 6) is -0.669. The third kappa shape index (κ3) is 2.03. The van der Waals surface area contributed by atoms with Crippen molar-refractivity contribution >= 4 is 31.9 Å². The summed E-state index contributed by atoms with van der Waals surface area (Å²) in [6.07, 6.45) is 0. The van der Waals surface area contributed by atoms with Gasteiger partial charge in [0.15, 0.2) is 5.82 Å². The van der Waals surface area contributed by atoms with Gasteiger partial charge in [0.05, 0.1) is 8.95 Å². The van der Waals surface area contributed by atoms with Crippen LogP contribution in [0.25, 0.3) is 0 Å². The van der Waals surface area contributed by atoms with Gasteiger partial charge in [-0.05, 0) is 44.8 Å². The van der Waals surface area contributed by atoms with Gasteiger partial charge in [0.2, 0.25) is 0 Å². The van der Waals surface area contributed by atoms with Crippen molar-refractivity contribution in [2.75, 3.05) is 0 Å². The first-order valence-corrected chi connectivity index (χ1v) is 5.15. The van der Waals surface area contributed by atoms with Crippen molar-refractivity contribution in [1.82, 2.24) is 0 Å². The summed E-state index contributed by atoms with van der Waals surface area (Å²) in [5, 5.41) is 9.49. The number of aromatic hydroxyl groups is 1. The second-order valence-electron chi connectivity index (χ2n) is 2.71. The molecule has 0 bridgehead atoms. The van der Waals surface area contributed by atoms with Crippen molar-refractivity contribution in [2.24, 2.45) is 5.73 Å². The quantitative estimate of drug-likeness (QED) is 0.783. The molecule has 13 heavy (non-hydrogen) atoms. The second-order valence-corrected chi connectivity index (χ2v) is 4.36. The minimum Gasteiger partial charge on any atom is -0.506 e. The molecular formula is C8H8Br2FNO. The molecule has 1 aromatic rings. The molecule has 0 aliphatic rings. The fourth-order valence-corrected chi connectivity index (χ4v) is 2.10. The van der Waals surface area contributed by atoms with Gasteiger partial charge in [-0.2, -0.15) is 0 Å². The van der Waals surface area contributed by atoms with E-state index in [0.29, 0.717) is 5.56 Å². The topological polar surface area (TPSA) is 46.2 Å². The molecule has 0 aromatic heterocycles. The highest BCUT2D eigenvalue weighted by molar-refractivity contribution is 9.11. The maximum atomic E-state index is 13.1.